The van der Waals surface area contributed by atoms with E-state index in [1.165, 1.54) is 5.56 Å². The molecule has 1 rings (SSSR count). The molecule has 1 aromatic carbocycles. The molecule has 0 atom stereocenters. The molecular weight excluding hydrogens is 228 g/mol. The van der Waals surface area contributed by atoms with Gasteiger partial charge in [0.1, 0.15) is 6.61 Å². The van der Waals surface area contributed by atoms with Gasteiger partial charge in [0.05, 0.1) is 0 Å². The van der Waals surface area contributed by atoms with Gasteiger partial charge in [0, 0.05) is 6.61 Å². The Morgan fingerprint density at radius 2 is 1.94 bits per heavy atom. The van der Waals surface area contributed by atoms with Gasteiger partial charge in [-0.1, -0.05) is 48.9 Å². The fourth-order valence-corrected chi connectivity index (χ4v) is 1.59. The zero-order chi connectivity index (χ0) is 13.1. The van der Waals surface area contributed by atoms with Gasteiger partial charge in [-0.05, 0) is 24.8 Å². The van der Waals surface area contributed by atoms with E-state index in [1.807, 2.05) is 18.2 Å². The lowest BCUT2D eigenvalue weighted by Gasteiger charge is -2.00. The van der Waals surface area contributed by atoms with Crippen LogP contribution in [0.3, 0.4) is 0 Å². The third-order valence-corrected chi connectivity index (χ3v) is 2.49. The van der Waals surface area contributed by atoms with E-state index in [1.54, 1.807) is 0 Å². The summed E-state index contributed by atoms with van der Waals surface area (Å²) >= 11 is 0. The maximum absolute atomic E-state index is 10.2. The van der Waals surface area contributed by atoms with E-state index in [9.17, 15) is 4.79 Å². The molecule has 18 heavy (non-hydrogen) atoms. The molecule has 0 amide bonds. The number of hydrogen-bond donors (Lipinski definition) is 1. The molecular formula is C15H20O3. The Balaban J connectivity index is 1.96. The maximum Gasteiger partial charge on any atom is 0.329 e. The topological polar surface area (TPSA) is 46.5 Å². The Morgan fingerprint density at radius 3 is 2.67 bits per heavy atom. The van der Waals surface area contributed by atoms with E-state index in [-0.39, 0.29) is 6.61 Å². The van der Waals surface area contributed by atoms with Crippen molar-refractivity contribution in [1.82, 2.24) is 0 Å². The lowest BCUT2D eigenvalue weighted by atomic mass is 10.1. The summed E-state index contributed by atoms with van der Waals surface area (Å²) in [6.45, 7) is 0.350. The van der Waals surface area contributed by atoms with Crippen molar-refractivity contribution >= 4 is 12.0 Å². The second kappa shape index (κ2) is 9.42. The third kappa shape index (κ3) is 7.63. The molecule has 0 bridgehead atoms. The Hall–Kier alpha value is -1.61. The van der Waals surface area contributed by atoms with Crippen LogP contribution in [0.25, 0.3) is 6.08 Å². The number of benzene rings is 1. The molecule has 1 aromatic rings. The van der Waals surface area contributed by atoms with E-state index in [4.69, 9.17) is 9.84 Å². The van der Waals surface area contributed by atoms with Crippen molar-refractivity contribution in [3.8, 4) is 0 Å². The highest BCUT2D eigenvalue weighted by atomic mass is 16.5. The van der Waals surface area contributed by atoms with Crippen molar-refractivity contribution in [3.63, 3.8) is 0 Å². The normalized spacial score (nSPS) is 10.9. The quantitative estimate of drug-likeness (QED) is 0.682. The minimum atomic E-state index is -0.902. The Bertz CT molecular complexity index is 357. The van der Waals surface area contributed by atoms with Crippen LogP contribution in [0.2, 0.25) is 0 Å². The number of carboxylic acid groups (broad SMARTS) is 1. The average molecular weight is 248 g/mol. The smallest absolute Gasteiger partial charge is 0.329 e. The van der Waals surface area contributed by atoms with Gasteiger partial charge >= 0.3 is 5.97 Å². The molecule has 98 valence electrons. The standard InChI is InChI=1S/C15H20O3/c16-15(17)13-18-12-8-3-1-2-5-9-14-10-6-4-7-11-14/h4-7,9-11H,1-3,8,12-13H2,(H,16,17). The summed E-state index contributed by atoms with van der Waals surface area (Å²) < 4.78 is 4.95. The molecule has 1 N–H and O–H groups in total. The zero-order valence-corrected chi connectivity index (χ0v) is 10.5. The first-order valence-electron chi connectivity index (χ1n) is 6.30. The molecule has 3 nitrogen and oxygen atoms in total. The van der Waals surface area contributed by atoms with Gasteiger partial charge in [-0.15, -0.1) is 0 Å². The molecule has 0 aromatic heterocycles. The van der Waals surface area contributed by atoms with Crippen LogP contribution in [-0.2, 0) is 9.53 Å². The summed E-state index contributed by atoms with van der Waals surface area (Å²) in [4.78, 5) is 10.2. The second-order valence-electron chi connectivity index (χ2n) is 4.11. The number of allylic oxidation sites excluding steroid dienone is 1. The highest BCUT2D eigenvalue weighted by molar-refractivity contribution is 5.67. The number of carbonyl (C=O) groups is 1. The Kier molecular flexibility index (Phi) is 7.57. The molecule has 0 radical (unpaired) electrons. The van der Waals surface area contributed by atoms with Crippen LogP contribution in [0, 0.1) is 0 Å². The van der Waals surface area contributed by atoms with Crippen molar-refractivity contribution in [2.45, 2.75) is 25.7 Å². The fourth-order valence-electron chi connectivity index (χ4n) is 1.59. The number of hydrogen-bond acceptors (Lipinski definition) is 2. The molecule has 0 saturated heterocycles. The minimum absolute atomic E-state index is 0.187. The summed E-state index contributed by atoms with van der Waals surface area (Å²) in [7, 11) is 0. The molecule has 0 aliphatic heterocycles. The number of ether oxygens (including phenoxy) is 1. The van der Waals surface area contributed by atoms with Crippen molar-refractivity contribution in [2.24, 2.45) is 0 Å². The SMILES string of the molecule is O=C(O)COCCCCCC=Cc1ccccc1. The average Bonchev–Trinajstić information content (AvgIpc) is 2.37. The van der Waals surface area contributed by atoms with Crippen LogP contribution in [0.5, 0.6) is 0 Å². The Labute approximate surface area is 108 Å². The maximum atomic E-state index is 10.2. The highest BCUT2D eigenvalue weighted by Crippen LogP contribution is 2.05. The summed E-state index contributed by atoms with van der Waals surface area (Å²) in [6, 6.07) is 10.2. The van der Waals surface area contributed by atoms with Gasteiger partial charge in [0.15, 0.2) is 0 Å². The predicted octanol–water partition coefficient (Wildman–Crippen LogP) is 3.36. The van der Waals surface area contributed by atoms with Crippen molar-refractivity contribution < 1.29 is 14.6 Å². The van der Waals surface area contributed by atoms with E-state index >= 15 is 0 Å². The molecule has 0 aliphatic rings. The predicted molar refractivity (Wildman–Crippen MR) is 72.4 cm³/mol. The largest absolute Gasteiger partial charge is 0.480 e. The van der Waals surface area contributed by atoms with Gasteiger partial charge in [-0.3, -0.25) is 0 Å². The lowest BCUT2D eigenvalue weighted by Crippen LogP contribution is -2.07. The van der Waals surface area contributed by atoms with Crippen molar-refractivity contribution in [3.05, 3.63) is 42.0 Å². The van der Waals surface area contributed by atoms with E-state index in [0.717, 1.165) is 25.7 Å². The zero-order valence-electron chi connectivity index (χ0n) is 10.5. The molecule has 0 fully saturated rings. The van der Waals surface area contributed by atoms with E-state index in [2.05, 4.69) is 24.3 Å². The molecule has 3 heteroatoms. The first-order valence-corrected chi connectivity index (χ1v) is 6.30. The first-order chi connectivity index (χ1) is 8.79. The van der Waals surface area contributed by atoms with Crippen LogP contribution in [0.15, 0.2) is 36.4 Å². The summed E-state index contributed by atoms with van der Waals surface area (Å²) in [5.41, 5.74) is 1.22. The number of unbranched alkanes of at least 4 members (excludes halogenated alkanes) is 3. The number of carboxylic acids is 1. The molecule has 0 saturated carbocycles. The van der Waals surface area contributed by atoms with Crippen molar-refractivity contribution in [1.29, 1.82) is 0 Å². The molecule has 0 unspecified atom stereocenters. The monoisotopic (exact) mass is 248 g/mol. The van der Waals surface area contributed by atoms with Crippen molar-refractivity contribution in [2.75, 3.05) is 13.2 Å². The minimum Gasteiger partial charge on any atom is -0.480 e. The summed E-state index contributed by atoms with van der Waals surface area (Å²) in [5.74, 6) is -0.902. The van der Waals surface area contributed by atoms with Crippen LogP contribution < -0.4 is 0 Å². The van der Waals surface area contributed by atoms with E-state index in [0.29, 0.717) is 6.61 Å². The van der Waals surface area contributed by atoms with Gasteiger partial charge < -0.3 is 9.84 Å². The number of rotatable bonds is 9. The second-order valence-corrected chi connectivity index (χ2v) is 4.11. The first kappa shape index (κ1) is 14.5. The summed E-state index contributed by atoms with van der Waals surface area (Å²) in [5, 5.41) is 8.36. The molecule has 0 aliphatic carbocycles. The highest BCUT2D eigenvalue weighted by Gasteiger charge is 1.95. The molecule has 0 spiro atoms. The van der Waals surface area contributed by atoms with Gasteiger partial charge in [-0.25, -0.2) is 4.79 Å². The van der Waals surface area contributed by atoms with E-state index < -0.39 is 5.97 Å². The van der Waals surface area contributed by atoms with Gasteiger partial charge in [0.2, 0.25) is 0 Å². The fraction of sp³-hybridized carbons (Fsp3) is 0.400. The van der Waals surface area contributed by atoms with Crippen LogP contribution in [-0.4, -0.2) is 24.3 Å². The van der Waals surface area contributed by atoms with Gasteiger partial charge in [0.25, 0.3) is 0 Å². The molecule has 0 heterocycles. The van der Waals surface area contributed by atoms with Crippen LogP contribution in [0.1, 0.15) is 31.2 Å². The lowest BCUT2D eigenvalue weighted by molar-refractivity contribution is -0.142. The van der Waals surface area contributed by atoms with Gasteiger partial charge in [-0.2, -0.15) is 0 Å². The van der Waals surface area contributed by atoms with Crippen LogP contribution in [0.4, 0.5) is 0 Å². The number of aliphatic carboxylic acids is 1. The summed E-state index contributed by atoms with van der Waals surface area (Å²) in [6.07, 6.45) is 8.45. The van der Waals surface area contributed by atoms with Crippen LogP contribution >= 0.6 is 0 Å². The Morgan fingerprint density at radius 1 is 1.17 bits per heavy atom. The third-order valence-electron chi connectivity index (χ3n) is 2.49.